The summed E-state index contributed by atoms with van der Waals surface area (Å²) in [6.07, 6.45) is 0.609. The highest BCUT2D eigenvalue weighted by Gasteiger charge is 2.33. The van der Waals surface area contributed by atoms with Gasteiger partial charge in [0.1, 0.15) is 11.3 Å². The molecule has 4 heteroatoms. The highest BCUT2D eigenvalue weighted by atomic mass is 16.5. The van der Waals surface area contributed by atoms with E-state index in [1.807, 2.05) is 19.1 Å². The van der Waals surface area contributed by atoms with Crippen LogP contribution in [-0.2, 0) is 11.2 Å². The van der Waals surface area contributed by atoms with Gasteiger partial charge in [0.25, 0.3) is 0 Å². The molecule has 1 fully saturated rings. The van der Waals surface area contributed by atoms with Crippen LogP contribution in [0.5, 0.6) is 5.75 Å². The van der Waals surface area contributed by atoms with Crippen LogP contribution in [-0.4, -0.2) is 41.8 Å². The first-order valence-electron chi connectivity index (χ1n) is 6.16. The molecule has 0 aromatic heterocycles. The summed E-state index contributed by atoms with van der Waals surface area (Å²) in [7, 11) is 0. The minimum atomic E-state index is -0.544. The van der Waals surface area contributed by atoms with E-state index in [2.05, 4.69) is 11.0 Å². The van der Waals surface area contributed by atoms with E-state index < -0.39 is 5.54 Å². The first-order chi connectivity index (χ1) is 8.64. The zero-order valence-corrected chi connectivity index (χ0v) is 10.6. The molecule has 0 amide bonds. The quantitative estimate of drug-likeness (QED) is 0.879. The summed E-state index contributed by atoms with van der Waals surface area (Å²) in [4.78, 5) is 2.15. The van der Waals surface area contributed by atoms with E-state index in [1.54, 1.807) is 12.1 Å². The Hall–Kier alpha value is -1.57. The first kappa shape index (κ1) is 12.9. The van der Waals surface area contributed by atoms with Gasteiger partial charge in [0.05, 0.1) is 19.3 Å². The molecular weight excluding hydrogens is 228 g/mol. The van der Waals surface area contributed by atoms with E-state index in [0.717, 1.165) is 18.7 Å². The molecule has 2 rings (SSSR count). The van der Waals surface area contributed by atoms with Crippen LogP contribution in [0.15, 0.2) is 24.3 Å². The Labute approximate surface area is 107 Å². The van der Waals surface area contributed by atoms with Gasteiger partial charge in [-0.1, -0.05) is 12.1 Å². The molecule has 1 atom stereocenters. The number of hydrogen-bond acceptors (Lipinski definition) is 4. The lowest BCUT2D eigenvalue weighted by Gasteiger charge is -2.38. The topological polar surface area (TPSA) is 56.5 Å². The van der Waals surface area contributed by atoms with Gasteiger partial charge in [-0.2, -0.15) is 5.26 Å². The van der Waals surface area contributed by atoms with Crippen molar-refractivity contribution < 1.29 is 9.84 Å². The van der Waals surface area contributed by atoms with Gasteiger partial charge in [0, 0.05) is 19.5 Å². The average molecular weight is 246 g/mol. The minimum Gasteiger partial charge on any atom is -0.508 e. The number of morpholine rings is 1. The van der Waals surface area contributed by atoms with Crippen molar-refractivity contribution in [1.29, 1.82) is 5.26 Å². The largest absolute Gasteiger partial charge is 0.508 e. The Morgan fingerprint density at radius 3 is 2.78 bits per heavy atom. The van der Waals surface area contributed by atoms with Crippen LogP contribution in [0.2, 0.25) is 0 Å². The van der Waals surface area contributed by atoms with Crippen LogP contribution >= 0.6 is 0 Å². The molecule has 1 heterocycles. The normalized spacial score (nSPS) is 20.0. The summed E-state index contributed by atoms with van der Waals surface area (Å²) in [5, 5.41) is 18.9. The van der Waals surface area contributed by atoms with Gasteiger partial charge in [-0.05, 0) is 24.6 Å². The zero-order chi connectivity index (χ0) is 13.0. The fourth-order valence-corrected chi connectivity index (χ4v) is 2.34. The number of phenolic OH excluding ortho intramolecular Hbond substituents is 1. The van der Waals surface area contributed by atoms with Gasteiger partial charge < -0.3 is 9.84 Å². The maximum Gasteiger partial charge on any atom is 0.115 e. The van der Waals surface area contributed by atoms with E-state index in [1.165, 1.54) is 0 Å². The van der Waals surface area contributed by atoms with Gasteiger partial charge >= 0.3 is 0 Å². The van der Waals surface area contributed by atoms with E-state index in [-0.39, 0.29) is 5.75 Å². The molecule has 4 nitrogen and oxygen atoms in total. The van der Waals surface area contributed by atoms with Gasteiger partial charge in [-0.3, -0.25) is 4.90 Å². The number of nitrogens with zero attached hydrogens (tertiary/aromatic N) is 2. The number of benzene rings is 1. The molecule has 1 aromatic rings. The third kappa shape index (κ3) is 2.81. The highest BCUT2D eigenvalue weighted by Crippen LogP contribution is 2.23. The van der Waals surface area contributed by atoms with Crippen molar-refractivity contribution in [3.63, 3.8) is 0 Å². The van der Waals surface area contributed by atoms with Crippen molar-refractivity contribution in [3.05, 3.63) is 29.8 Å². The molecule has 18 heavy (non-hydrogen) atoms. The van der Waals surface area contributed by atoms with Crippen molar-refractivity contribution in [1.82, 2.24) is 4.90 Å². The highest BCUT2D eigenvalue weighted by molar-refractivity contribution is 5.30. The minimum absolute atomic E-state index is 0.245. The Morgan fingerprint density at radius 1 is 1.44 bits per heavy atom. The molecule has 1 N–H and O–H groups in total. The van der Waals surface area contributed by atoms with E-state index in [9.17, 15) is 10.4 Å². The van der Waals surface area contributed by atoms with Crippen LogP contribution < -0.4 is 0 Å². The predicted octanol–water partition coefficient (Wildman–Crippen LogP) is 1.55. The van der Waals surface area contributed by atoms with Gasteiger partial charge in [0.15, 0.2) is 0 Å². The monoisotopic (exact) mass is 246 g/mol. The van der Waals surface area contributed by atoms with E-state index >= 15 is 0 Å². The third-order valence-corrected chi connectivity index (χ3v) is 3.41. The molecular formula is C14H18N2O2. The SMILES string of the molecule is CC(C#N)(Cc1cccc(O)c1)N1CCOCC1. The second kappa shape index (κ2) is 5.38. The molecule has 1 aromatic carbocycles. The number of phenols is 1. The smallest absolute Gasteiger partial charge is 0.115 e. The summed E-state index contributed by atoms with van der Waals surface area (Å²) in [6, 6.07) is 9.51. The van der Waals surface area contributed by atoms with Crippen molar-refractivity contribution in [3.8, 4) is 11.8 Å². The lowest BCUT2D eigenvalue weighted by Crippen LogP contribution is -2.52. The van der Waals surface area contributed by atoms with Crippen molar-refractivity contribution in [2.75, 3.05) is 26.3 Å². The number of hydrogen-bond donors (Lipinski definition) is 1. The molecule has 1 aliphatic heterocycles. The van der Waals surface area contributed by atoms with Crippen LogP contribution in [0.3, 0.4) is 0 Å². The van der Waals surface area contributed by atoms with Gasteiger partial charge in [0.2, 0.25) is 0 Å². The Kier molecular flexibility index (Phi) is 3.85. The number of ether oxygens (including phenoxy) is 1. The summed E-state index contributed by atoms with van der Waals surface area (Å²) < 4.78 is 5.32. The molecule has 1 saturated heterocycles. The van der Waals surface area contributed by atoms with Crippen LogP contribution in [0.1, 0.15) is 12.5 Å². The Bertz CT molecular complexity index is 449. The fraction of sp³-hybridized carbons (Fsp3) is 0.500. The summed E-state index contributed by atoms with van der Waals surface area (Å²) >= 11 is 0. The van der Waals surface area contributed by atoms with Crippen molar-refractivity contribution in [2.45, 2.75) is 18.9 Å². The maximum atomic E-state index is 9.48. The zero-order valence-electron chi connectivity index (χ0n) is 10.6. The average Bonchev–Trinajstić information content (AvgIpc) is 2.39. The molecule has 1 aliphatic rings. The number of nitriles is 1. The molecule has 1 unspecified atom stereocenters. The molecule has 0 saturated carbocycles. The molecule has 0 radical (unpaired) electrons. The predicted molar refractivity (Wildman–Crippen MR) is 68.2 cm³/mol. The van der Waals surface area contributed by atoms with Crippen LogP contribution in [0, 0.1) is 11.3 Å². The first-order valence-corrected chi connectivity index (χ1v) is 6.16. The van der Waals surface area contributed by atoms with Gasteiger partial charge in [-0.15, -0.1) is 0 Å². The van der Waals surface area contributed by atoms with E-state index in [0.29, 0.717) is 19.6 Å². The standard InChI is InChI=1S/C14H18N2O2/c1-14(11-15,16-5-7-18-8-6-16)10-12-3-2-4-13(17)9-12/h2-4,9,17H,5-8,10H2,1H3. The molecule has 96 valence electrons. The van der Waals surface area contributed by atoms with Crippen molar-refractivity contribution in [2.24, 2.45) is 0 Å². The number of aromatic hydroxyl groups is 1. The Balaban J connectivity index is 2.15. The number of rotatable bonds is 3. The van der Waals surface area contributed by atoms with Crippen molar-refractivity contribution >= 4 is 0 Å². The summed E-state index contributed by atoms with van der Waals surface area (Å²) in [5.74, 6) is 0.245. The molecule has 0 spiro atoms. The Morgan fingerprint density at radius 2 is 2.17 bits per heavy atom. The summed E-state index contributed by atoms with van der Waals surface area (Å²) in [6.45, 7) is 4.86. The third-order valence-electron chi connectivity index (χ3n) is 3.41. The van der Waals surface area contributed by atoms with Gasteiger partial charge in [-0.25, -0.2) is 0 Å². The van der Waals surface area contributed by atoms with Crippen LogP contribution in [0.25, 0.3) is 0 Å². The lowest BCUT2D eigenvalue weighted by molar-refractivity contribution is 0.00188. The van der Waals surface area contributed by atoms with E-state index in [4.69, 9.17) is 4.74 Å². The lowest BCUT2D eigenvalue weighted by atomic mass is 9.92. The maximum absolute atomic E-state index is 9.48. The second-order valence-corrected chi connectivity index (χ2v) is 4.83. The fourth-order valence-electron chi connectivity index (χ4n) is 2.34. The van der Waals surface area contributed by atoms with Crippen LogP contribution in [0.4, 0.5) is 0 Å². The molecule has 0 aliphatic carbocycles. The second-order valence-electron chi connectivity index (χ2n) is 4.83. The molecule has 0 bridgehead atoms. The summed E-state index contributed by atoms with van der Waals surface area (Å²) in [5.41, 5.74) is 0.433.